The van der Waals surface area contributed by atoms with E-state index >= 15 is 0 Å². The first-order chi connectivity index (χ1) is 11.9. The van der Waals surface area contributed by atoms with Gasteiger partial charge in [0.25, 0.3) is 11.5 Å². The van der Waals surface area contributed by atoms with Gasteiger partial charge in [-0.1, -0.05) is 0 Å². The number of aromatic hydroxyl groups is 1. The van der Waals surface area contributed by atoms with Gasteiger partial charge in [-0.25, -0.2) is 4.98 Å². The van der Waals surface area contributed by atoms with E-state index < -0.39 is 5.56 Å². The average Bonchev–Trinajstić information content (AvgIpc) is 2.52. The number of carbonyl (C=O) groups excluding carboxylic acids is 1. The SMILES string of the molecule is Cc1cc(OC2CCCN(C(=O)c3cc(O)[nH]c(=O)c3)C2)nc(C)n1. The second kappa shape index (κ2) is 6.92. The van der Waals surface area contributed by atoms with E-state index in [-0.39, 0.29) is 23.5 Å². The van der Waals surface area contributed by atoms with Gasteiger partial charge in [-0.3, -0.25) is 14.6 Å². The summed E-state index contributed by atoms with van der Waals surface area (Å²) in [5, 5.41) is 9.47. The largest absolute Gasteiger partial charge is 0.494 e. The number of carbonyl (C=O) groups is 1. The van der Waals surface area contributed by atoms with Crippen molar-refractivity contribution in [3.8, 4) is 11.8 Å². The molecule has 0 radical (unpaired) electrons. The first kappa shape index (κ1) is 16.9. The van der Waals surface area contributed by atoms with Crippen molar-refractivity contribution in [3.05, 3.63) is 45.6 Å². The summed E-state index contributed by atoms with van der Waals surface area (Å²) in [6.45, 7) is 4.65. The topological polar surface area (TPSA) is 108 Å². The lowest BCUT2D eigenvalue weighted by atomic mass is 10.1. The normalized spacial score (nSPS) is 17.4. The Labute approximate surface area is 144 Å². The maximum Gasteiger partial charge on any atom is 0.254 e. The molecule has 8 nitrogen and oxygen atoms in total. The van der Waals surface area contributed by atoms with Gasteiger partial charge in [-0.2, -0.15) is 4.98 Å². The van der Waals surface area contributed by atoms with Crippen molar-refractivity contribution in [2.45, 2.75) is 32.8 Å². The summed E-state index contributed by atoms with van der Waals surface area (Å²) in [4.78, 5) is 36.4. The molecular weight excluding hydrogens is 324 g/mol. The summed E-state index contributed by atoms with van der Waals surface area (Å²) in [5.74, 6) is 0.508. The molecule has 2 aromatic heterocycles. The van der Waals surface area contributed by atoms with Crippen molar-refractivity contribution >= 4 is 5.91 Å². The monoisotopic (exact) mass is 344 g/mol. The van der Waals surface area contributed by atoms with Gasteiger partial charge in [0.2, 0.25) is 5.88 Å². The van der Waals surface area contributed by atoms with Crippen molar-refractivity contribution in [1.82, 2.24) is 19.9 Å². The molecule has 1 aliphatic heterocycles. The lowest BCUT2D eigenvalue weighted by molar-refractivity contribution is 0.0526. The third-order valence-electron chi connectivity index (χ3n) is 3.97. The van der Waals surface area contributed by atoms with E-state index in [0.29, 0.717) is 24.8 Å². The Hall–Kier alpha value is -2.90. The van der Waals surface area contributed by atoms with Crippen LogP contribution in [0.1, 0.15) is 34.7 Å². The van der Waals surface area contributed by atoms with Crippen LogP contribution in [0.3, 0.4) is 0 Å². The van der Waals surface area contributed by atoms with E-state index in [9.17, 15) is 14.7 Å². The predicted octanol–water partition coefficient (Wildman–Crippen LogP) is 1.17. The molecule has 2 aromatic rings. The van der Waals surface area contributed by atoms with Gasteiger partial charge < -0.3 is 14.7 Å². The molecule has 3 rings (SSSR count). The van der Waals surface area contributed by atoms with Crippen LogP contribution < -0.4 is 10.3 Å². The number of aryl methyl sites for hydroxylation is 2. The molecule has 1 amide bonds. The zero-order chi connectivity index (χ0) is 18.0. The fourth-order valence-corrected chi connectivity index (χ4v) is 2.97. The number of aromatic nitrogens is 3. The zero-order valence-electron chi connectivity index (χ0n) is 14.2. The number of hydrogen-bond donors (Lipinski definition) is 2. The molecular formula is C17H20N4O4. The number of H-pyrrole nitrogens is 1. The van der Waals surface area contributed by atoms with Crippen molar-refractivity contribution in [2.24, 2.45) is 0 Å². The number of amides is 1. The van der Waals surface area contributed by atoms with Crippen LogP contribution in [-0.2, 0) is 0 Å². The first-order valence-corrected chi connectivity index (χ1v) is 8.12. The van der Waals surface area contributed by atoms with E-state index in [1.165, 1.54) is 12.1 Å². The highest BCUT2D eigenvalue weighted by Gasteiger charge is 2.26. The maximum atomic E-state index is 12.6. The number of piperidine rings is 1. The molecule has 1 aliphatic rings. The lowest BCUT2D eigenvalue weighted by Gasteiger charge is -2.32. The standard InChI is InChI=1S/C17H20N4O4/c1-10-6-16(19-11(2)18-10)25-13-4-3-5-21(9-13)17(24)12-7-14(22)20-15(23)8-12/h6-8,13H,3-5,9H2,1-2H3,(H2,20,22,23). The molecule has 0 aliphatic carbocycles. The summed E-state index contributed by atoms with van der Waals surface area (Å²) < 4.78 is 5.92. The summed E-state index contributed by atoms with van der Waals surface area (Å²) in [5.41, 5.74) is 0.473. The van der Waals surface area contributed by atoms with Gasteiger partial charge in [0.05, 0.1) is 12.1 Å². The van der Waals surface area contributed by atoms with E-state index in [0.717, 1.165) is 18.5 Å². The molecule has 0 spiro atoms. The third kappa shape index (κ3) is 4.14. The number of pyridine rings is 1. The highest BCUT2D eigenvalue weighted by atomic mass is 16.5. The van der Waals surface area contributed by atoms with Gasteiger partial charge in [-0.05, 0) is 26.7 Å². The number of nitrogens with one attached hydrogen (secondary N) is 1. The molecule has 0 bridgehead atoms. The molecule has 1 unspecified atom stereocenters. The molecule has 0 aromatic carbocycles. The highest BCUT2D eigenvalue weighted by Crippen LogP contribution is 2.19. The predicted molar refractivity (Wildman–Crippen MR) is 89.8 cm³/mol. The van der Waals surface area contributed by atoms with E-state index in [2.05, 4.69) is 15.0 Å². The van der Waals surface area contributed by atoms with Crippen LogP contribution in [0.15, 0.2) is 23.0 Å². The molecule has 132 valence electrons. The lowest BCUT2D eigenvalue weighted by Crippen LogP contribution is -2.44. The van der Waals surface area contributed by atoms with Crippen LogP contribution in [0.4, 0.5) is 0 Å². The molecule has 1 fully saturated rings. The Morgan fingerprint density at radius 2 is 2.12 bits per heavy atom. The molecule has 1 atom stereocenters. The summed E-state index contributed by atoms with van der Waals surface area (Å²) in [6, 6.07) is 4.21. The van der Waals surface area contributed by atoms with Crippen LogP contribution in [0.2, 0.25) is 0 Å². The van der Waals surface area contributed by atoms with Gasteiger partial charge in [0.1, 0.15) is 11.9 Å². The molecule has 8 heteroatoms. The molecule has 1 saturated heterocycles. The number of likely N-dealkylation sites (tertiary alicyclic amines) is 1. The Kier molecular flexibility index (Phi) is 4.69. The minimum atomic E-state index is -0.514. The van der Waals surface area contributed by atoms with Crippen molar-refractivity contribution in [2.75, 3.05) is 13.1 Å². The van der Waals surface area contributed by atoms with Gasteiger partial charge in [0.15, 0.2) is 5.88 Å². The van der Waals surface area contributed by atoms with Crippen LogP contribution in [-0.4, -0.2) is 50.1 Å². The Morgan fingerprint density at radius 3 is 2.84 bits per heavy atom. The molecule has 0 saturated carbocycles. The van der Waals surface area contributed by atoms with Crippen LogP contribution in [0.5, 0.6) is 11.8 Å². The van der Waals surface area contributed by atoms with Crippen LogP contribution >= 0.6 is 0 Å². The van der Waals surface area contributed by atoms with Crippen molar-refractivity contribution in [3.63, 3.8) is 0 Å². The highest BCUT2D eigenvalue weighted by molar-refractivity contribution is 5.94. The minimum absolute atomic E-state index is 0.163. The minimum Gasteiger partial charge on any atom is -0.494 e. The van der Waals surface area contributed by atoms with E-state index in [1.54, 1.807) is 17.9 Å². The smallest absolute Gasteiger partial charge is 0.254 e. The quantitative estimate of drug-likeness (QED) is 0.865. The maximum absolute atomic E-state index is 12.6. The fourth-order valence-electron chi connectivity index (χ4n) is 2.97. The summed E-state index contributed by atoms with van der Waals surface area (Å²) in [7, 11) is 0. The number of aromatic amines is 1. The number of ether oxygens (including phenoxy) is 1. The summed E-state index contributed by atoms with van der Waals surface area (Å²) in [6.07, 6.45) is 1.42. The fraction of sp³-hybridized carbons (Fsp3) is 0.412. The molecule has 2 N–H and O–H groups in total. The second-order valence-corrected chi connectivity index (χ2v) is 6.15. The Bertz CT molecular complexity index is 829. The van der Waals surface area contributed by atoms with Crippen molar-refractivity contribution in [1.29, 1.82) is 0 Å². The van der Waals surface area contributed by atoms with Crippen molar-refractivity contribution < 1.29 is 14.6 Å². The van der Waals surface area contributed by atoms with E-state index in [4.69, 9.17) is 4.74 Å². The number of hydrogen-bond acceptors (Lipinski definition) is 6. The average molecular weight is 344 g/mol. The number of nitrogens with zero attached hydrogens (tertiary/aromatic N) is 3. The first-order valence-electron chi connectivity index (χ1n) is 8.12. The Balaban J connectivity index is 1.72. The Morgan fingerprint density at radius 1 is 1.32 bits per heavy atom. The van der Waals surface area contributed by atoms with Gasteiger partial charge >= 0.3 is 0 Å². The van der Waals surface area contributed by atoms with Gasteiger partial charge in [-0.15, -0.1) is 0 Å². The summed E-state index contributed by atoms with van der Waals surface area (Å²) >= 11 is 0. The van der Waals surface area contributed by atoms with Gasteiger partial charge in [0, 0.05) is 30.4 Å². The van der Waals surface area contributed by atoms with Crippen LogP contribution in [0, 0.1) is 13.8 Å². The molecule has 25 heavy (non-hydrogen) atoms. The zero-order valence-corrected chi connectivity index (χ0v) is 14.2. The third-order valence-corrected chi connectivity index (χ3v) is 3.97. The second-order valence-electron chi connectivity index (χ2n) is 6.15. The number of rotatable bonds is 3. The molecule has 3 heterocycles. The van der Waals surface area contributed by atoms with E-state index in [1.807, 2.05) is 6.92 Å². The van der Waals surface area contributed by atoms with Crippen LogP contribution in [0.25, 0.3) is 0 Å².